The first kappa shape index (κ1) is 49.2. The number of nitriles is 1. The maximum atomic E-state index is 12.2. The molecule has 0 fully saturated rings. The number of benzene rings is 6. The molecule has 0 amide bonds. The van der Waals surface area contributed by atoms with Crippen LogP contribution in [0, 0.1) is 18.3 Å². The number of nitrogens with zero attached hydrogens (tertiary/aromatic N) is 6. The highest BCUT2D eigenvalue weighted by Crippen LogP contribution is 2.40. The van der Waals surface area contributed by atoms with E-state index in [2.05, 4.69) is 36.8 Å². The standard InChI is InChI=1S/C40H29N7O12S4.O3S/c1-23-34(22-41)37(19-24-5-11-28(12-6-24)60(48,49)50)43-40(42-26-9-13-29(14-10-26)61(51,52)53)39(23)47-46-35-17-18-36(33-21-30(62(54,55)56)15-16-31(33)35)45-44-27-8-7-25-3-2-4-38(32(25)20-27)63(57,58)59;1-4(2)3/h2-18,20-21H,19H2,1H3,(H,42,43)(H,48,49,50)(H,51,52,53)(H,54,55,56)(H,57,58,59);. The van der Waals surface area contributed by atoms with Crippen LogP contribution in [0.1, 0.15) is 22.4 Å². The summed E-state index contributed by atoms with van der Waals surface area (Å²) in [6, 6.07) is 27.6. The summed E-state index contributed by atoms with van der Waals surface area (Å²) in [6.07, 6.45) is 0.000933. The van der Waals surface area contributed by atoms with Crippen molar-refractivity contribution in [2.24, 2.45) is 20.5 Å². The Balaban J connectivity index is 0.00000178. The van der Waals surface area contributed by atoms with Crippen molar-refractivity contribution >= 4 is 107 Å². The van der Waals surface area contributed by atoms with E-state index in [4.69, 9.17) is 12.6 Å². The van der Waals surface area contributed by atoms with Gasteiger partial charge in [0.15, 0.2) is 5.82 Å². The van der Waals surface area contributed by atoms with Gasteiger partial charge in [-0.2, -0.15) is 44.0 Å². The fraction of sp³-hybridized carbons (Fsp3) is 0.0500. The van der Waals surface area contributed by atoms with E-state index in [1.165, 1.54) is 72.8 Å². The molecular weight excluding hydrogens is 979 g/mol. The van der Waals surface area contributed by atoms with E-state index < -0.39 is 56.0 Å². The van der Waals surface area contributed by atoms with Crippen LogP contribution in [0.4, 0.5) is 34.3 Å². The lowest BCUT2D eigenvalue weighted by Crippen LogP contribution is -2.05. The lowest BCUT2D eigenvalue weighted by Gasteiger charge is -2.15. The van der Waals surface area contributed by atoms with E-state index in [0.29, 0.717) is 10.9 Å². The molecule has 0 unspecified atom stereocenters. The first-order valence-corrected chi connectivity index (χ1v) is 25.1. The molecule has 6 aromatic carbocycles. The Morgan fingerprint density at radius 3 is 1.73 bits per heavy atom. The van der Waals surface area contributed by atoms with Crippen molar-refractivity contribution in [3.05, 3.63) is 138 Å². The topological polar surface area (TPSA) is 367 Å². The SMILES string of the molecule is Cc1c(C#N)c(Cc2ccc(S(=O)(=O)O)cc2)nc(Nc2ccc(S(=O)(=O)O)cc2)c1N=Nc1ccc(N=Nc2ccc3cccc(S(=O)(=O)O)c3c2)c2cc(S(=O)(=O)O)ccc12.O=S(=O)=O. The Hall–Kier alpha value is -7.26. The number of nitrogens with one attached hydrogen (secondary N) is 1. The molecule has 0 aliphatic rings. The van der Waals surface area contributed by atoms with Crippen LogP contribution in [-0.2, 0) is 57.5 Å². The molecule has 0 aliphatic heterocycles. The summed E-state index contributed by atoms with van der Waals surface area (Å²) in [5.41, 5.74) is 1.78. The second-order valence-electron chi connectivity index (χ2n) is 13.8. The highest BCUT2D eigenvalue weighted by molar-refractivity contribution is 7.86. The number of hydrogen-bond acceptors (Lipinski definition) is 18. The summed E-state index contributed by atoms with van der Waals surface area (Å²) in [7, 11) is -21.4. The van der Waals surface area contributed by atoms with Crippen LogP contribution < -0.4 is 5.32 Å². The van der Waals surface area contributed by atoms with E-state index in [1.54, 1.807) is 25.1 Å². The van der Waals surface area contributed by atoms with E-state index >= 15 is 0 Å². The van der Waals surface area contributed by atoms with Gasteiger partial charge in [-0.15, -0.1) is 28.0 Å². The van der Waals surface area contributed by atoms with Crippen molar-refractivity contribution < 1.29 is 64.5 Å². The van der Waals surface area contributed by atoms with Crippen molar-refractivity contribution in [1.82, 2.24) is 4.98 Å². The molecule has 7 aromatic rings. The van der Waals surface area contributed by atoms with Crippen LogP contribution in [0.3, 0.4) is 0 Å². The first-order valence-electron chi connectivity index (χ1n) is 18.3. The Bertz CT molecular complexity index is 3820. The van der Waals surface area contributed by atoms with Crippen LogP contribution in [0.2, 0.25) is 0 Å². The maximum absolute atomic E-state index is 12.2. The molecule has 22 nitrogen and oxygen atoms in total. The lowest BCUT2D eigenvalue weighted by molar-refractivity contribution is 0.481. The summed E-state index contributed by atoms with van der Waals surface area (Å²) >= 11 is 0. The molecule has 0 bridgehead atoms. The number of hydrogen-bond donors (Lipinski definition) is 5. The number of aromatic nitrogens is 1. The minimum absolute atomic E-state index is 0.000933. The maximum Gasteiger partial charge on any atom is 0.425 e. The Labute approximate surface area is 382 Å². The molecule has 0 radical (unpaired) electrons. The van der Waals surface area contributed by atoms with Crippen LogP contribution in [0.25, 0.3) is 21.5 Å². The first-order chi connectivity index (χ1) is 31.3. The van der Waals surface area contributed by atoms with E-state index in [-0.39, 0.29) is 88.3 Å². The van der Waals surface area contributed by atoms with Gasteiger partial charge in [-0.25, -0.2) is 4.98 Å². The Morgan fingerprint density at radius 2 is 1.16 bits per heavy atom. The van der Waals surface area contributed by atoms with E-state index in [9.17, 15) is 57.1 Å². The number of azo groups is 2. The Kier molecular flexibility index (Phi) is 14.2. The van der Waals surface area contributed by atoms with Gasteiger partial charge >= 0.3 is 10.6 Å². The normalized spacial score (nSPS) is 12.2. The minimum atomic E-state index is -4.72. The summed E-state index contributed by atoms with van der Waals surface area (Å²) in [5.74, 6) is 0.0235. The molecule has 0 spiro atoms. The van der Waals surface area contributed by atoms with Crippen molar-refractivity contribution in [2.45, 2.75) is 32.9 Å². The van der Waals surface area contributed by atoms with Gasteiger partial charge in [-0.3, -0.25) is 18.2 Å². The van der Waals surface area contributed by atoms with Gasteiger partial charge in [0.2, 0.25) is 0 Å². The molecule has 5 N–H and O–H groups in total. The zero-order valence-electron chi connectivity index (χ0n) is 33.7. The molecular formula is C40H29N7O15S5. The van der Waals surface area contributed by atoms with E-state index in [0.717, 1.165) is 24.3 Å². The minimum Gasteiger partial charge on any atom is -0.338 e. The molecule has 0 saturated carbocycles. The number of rotatable bonds is 12. The highest BCUT2D eigenvalue weighted by atomic mass is 32.2. The molecule has 1 aromatic heterocycles. The summed E-state index contributed by atoms with van der Waals surface area (Å²) < 4.78 is 159. The summed E-state index contributed by atoms with van der Waals surface area (Å²) in [5, 5.41) is 31.8. The second kappa shape index (κ2) is 19.3. The third-order valence-electron chi connectivity index (χ3n) is 9.48. The monoisotopic (exact) mass is 1010 g/mol. The van der Waals surface area contributed by atoms with E-state index in [1.807, 2.05) is 0 Å². The van der Waals surface area contributed by atoms with Crippen molar-refractivity contribution in [1.29, 1.82) is 5.26 Å². The highest BCUT2D eigenvalue weighted by Gasteiger charge is 2.21. The number of fused-ring (bicyclic) bond motifs is 2. The second-order valence-corrected chi connectivity index (χ2v) is 19.9. The predicted molar refractivity (Wildman–Crippen MR) is 238 cm³/mol. The Morgan fingerprint density at radius 1 is 0.612 bits per heavy atom. The summed E-state index contributed by atoms with van der Waals surface area (Å²) in [6.45, 7) is 1.57. The van der Waals surface area contributed by atoms with Gasteiger partial charge in [0.25, 0.3) is 40.5 Å². The van der Waals surface area contributed by atoms with Crippen molar-refractivity contribution in [3.8, 4) is 6.07 Å². The molecule has 344 valence electrons. The molecule has 67 heavy (non-hydrogen) atoms. The third kappa shape index (κ3) is 12.0. The molecule has 0 aliphatic carbocycles. The fourth-order valence-electron chi connectivity index (χ4n) is 6.43. The van der Waals surface area contributed by atoms with Crippen LogP contribution in [-0.4, -0.2) is 69.5 Å². The van der Waals surface area contributed by atoms with Gasteiger partial charge in [0, 0.05) is 33.8 Å². The van der Waals surface area contributed by atoms with Crippen LogP contribution >= 0.6 is 0 Å². The fourth-order valence-corrected chi connectivity index (χ4v) is 8.60. The number of anilines is 2. The summed E-state index contributed by atoms with van der Waals surface area (Å²) in [4.78, 5) is 3.09. The van der Waals surface area contributed by atoms with Gasteiger partial charge < -0.3 is 5.32 Å². The molecule has 0 atom stereocenters. The number of pyridine rings is 1. The smallest absolute Gasteiger partial charge is 0.338 e. The quantitative estimate of drug-likeness (QED) is 0.0577. The molecule has 0 saturated heterocycles. The van der Waals surface area contributed by atoms with Crippen LogP contribution in [0.5, 0.6) is 0 Å². The zero-order chi connectivity index (χ0) is 49.1. The molecule has 1 heterocycles. The van der Waals surface area contributed by atoms with Crippen molar-refractivity contribution in [3.63, 3.8) is 0 Å². The van der Waals surface area contributed by atoms with Gasteiger partial charge in [0.1, 0.15) is 16.7 Å². The van der Waals surface area contributed by atoms with Gasteiger partial charge in [0.05, 0.1) is 43.0 Å². The van der Waals surface area contributed by atoms with Gasteiger partial charge in [-0.1, -0.05) is 36.4 Å². The molecule has 27 heteroatoms. The average molecular weight is 1010 g/mol. The largest absolute Gasteiger partial charge is 0.425 e. The third-order valence-corrected chi connectivity index (χ3v) is 13.0. The van der Waals surface area contributed by atoms with Gasteiger partial charge in [-0.05, 0) is 96.7 Å². The lowest BCUT2D eigenvalue weighted by atomic mass is 10.0. The molecule has 7 rings (SSSR count). The average Bonchev–Trinajstić information content (AvgIpc) is 3.24. The predicted octanol–water partition coefficient (Wildman–Crippen LogP) is 7.72. The van der Waals surface area contributed by atoms with Crippen LogP contribution in [0.15, 0.2) is 155 Å². The van der Waals surface area contributed by atoms with Crippen molar-refractivity contribution in [2.75, 3.05) is 5.32 Å². The zero-order valence-corrected chi connectivity index (χ0v) is 37.8.